The largest absolute Gasteiger partial charge is 0.469 e. The number of esters is 1. The number of hydrogen-bond donors (Lipinski definition) is 0. The quantitative estimate of drug-likeness (QED) is 0.711. The Kier molecular flexibility index (Phi) is 6.66. The van der Waals surface area contributed by atoms with Gasteiger partial charge in [0.25, 0.3) is 5.91 Å². The van der Waals surface area contributed by atoms with Crippen LogP contribution in [0.3, 0.4) is 0 Å². The number of nitrogens with zero attached hydrogens (tertiary/aromatic N) is 1. The van der Waals surface area contributed by atoms with Crippen molar-refractivity contribution in [1.82, 2.24) is 4.90 Å². The van der Waals surface area contributed by atoms with Crippen molar-refractivity contribution in [1.29, 1.82) is 0 Å². The molecule has 0 bridgehead atoms. The monoisotopic (exact) mass is 283 g/mol. The first kappa shape index (κ1) is 16.1. The van der Waals surface area contributed by atoms with Gasteiger partial charge in [-0.1, -0.05) is 12.1 Å². The Morgan fingerprint density at radius 3 is 2.50 bits per heavy atom. The topological polar surface area (TPSA) is 55.8 Å². The average molecular weight is 283 g/mol. The summed E-state index contributed by atoms with van der Waals surface area (Å²) in [5, 5.41) is 0. The molecule has 1 rings (SSSR count). The van der Waals surface area contributed by atoms with Crippen molar-refractivity contribution in [3.05, 3.63) is 35.6 Å². The van der Waals surface area contributed by atoms with Crippen LogP contribution in [0.15, 0.2) is 24.3 Å². The molecule has 0 aliphatic rings. The molecule has 1 aromatic carbocycles. The molecule has 0 unspecified atom stereocenters. The lowest BCUT2D eigenvalue weighted by Crippen LogP contribution is -2.36. The summed E-state index contributed by atoms with van der Waals surface area (Å²) in [6.45, 7) is 0.741. The van der Waals surface area contributed by atoms with E-state index in [-0.39, 0.29) is 25.1 Å². The van der Waals surface area contributed by atoms with Crippen LogP contribution >= 0.6 is 0 Å². The molecule has 0 saturated heterocycles. The van der Waals surface area contributed by atoms with Crippen molar-refractivity contribution < 1.29 is 23.5 Å². The first-order chi connectivity index (χ1) is 9.60. The molecule has 1 amide bonds. The SMILES string of the molecule is COCCN(CCC(=O)OC)C(=O)c1ccccc1F. The molecule has 0 heterocycles. The minimum Gasteiger partial charge on any atom is -0.469 e. The van der Waals surface area contributed by atoms with Crippen LogP contribution in [0.25, 0.3) is 0 Å². The second kappa shape index (κ2) is 8.27. The zero-order valence-corrected chi connectivity index (χ0v) is 11.6. The maximum absolute atomic E-state index is 13.6. The molecule has 0 aliphatic heterocycles. The summed E-state index contributed by atoms with van der Waals surface area (Å²) in [4.78, 5) is 24.8. The Morgan fingerprint density at radius 2 is 1.90 bits per heavy atom. The van der Waals surface area contributed by atoms with Gasteiger partial charge in [-0.2, -0.15) is 0 Å². The average Bonchev–Trinajstić information content (AvgIpc) is 2.47. The molecule has 0 radical (unpaired) electrons. The van der Waals surface area contributed by atoms with Gasteiger partial charge in [0.05, 0.1) is 25.7 Å². The van der Waals surface area contributed by atoms with Crippen LogP contribution in [0.5, 0.6) is 0 Å². The molecule has 0 fully saturated rings. The van der Waals surface area contributed by atoms with Crippen LogP contribution in [0, 0.1) is 5.82 Å². The van der Waals surface area contributed by atoms with Crippen molar-refractivity contribution in [2.24, 2.45) is 0 Å². The van der Waals surface area contributed by atoms with Gasteiger partial charge in [0.2, 0.25) is 0 Å². The number of ether oxygens (including phenoxy) is 2. The van der Waals surface area contributed by atoms with Crippen molar-refractivity contribution in [2.45, 2.75) is 6.42 Å². The summed E-state index contributed by atoms with van der Waals surface area (Å²) in [5.41, 5.74) is -0.0199. The van der Waals surface area contributed by atoms with E-state index in [1.165, 1.54) is 37.3 Å². The minimum absolute atomic E-state index is 0.0199. The Morgan fingerprint density at radius 1 is 1.20 bits per heavy atom. The van der Waals surface area contributed by atoms with Crippen molar-refractivity contribution in [3.63, 3.8) is 0 Å². The van der Waals surface area contributed by atoms with Crippen molar-refractivity contribution in [2.75, 3.05) is 33.9 Å². The van der Waals surface area contributed by atoms with E-state index in [9.17, 15) is 14.0 Å². The highest BCUT2D eigenvalue weighted by atomic mass is 19.1. The molecule has 1 aromatic rings. The van der Waals surface area contributed by atoms with Gasteiger partial charge in [-0.05, 0) is 12.1 Å². The fourth-order valence-electron chi connectivity index (χ4n) is 1.65. The highest BCUT2D eigenvalue weighted by Crippen LogP contribution is 2.10. The lowest BCUT2D eigenvalue weighted by molar-refractivity contribution is -0.140. The van der Waals surface area contributed by atoms with E-state index in [0.717, 1.165) is 0 Å². The summed E-state index contributed by atoms with van der Waals surface area (Å²) in [6.07, 6.45) is 0.0560. The Labute approximate surface area is 117 Å². The zero-order valence-electron chi connectivity index (χ0n) is 11.6. The second-order valence-corrected chi connectivity index (χ2v) is 4.09. The van der Waals surface area contributed by atoms with Crippen molar-refractivity contribution >= 4 is 11.9 Å². The molecule has 6 heteroatoms. The molecule has 0 N–H and O–H groups in total. The first-order valence-electron chi connectivity index (χ1n) is 6.19. The summed E-state index contributed by atoms with van der Waals surface area (Å²) < 4.78 is 23.1. The van der Waals surface area contributed by atoms with Gasteiger partial charge in [-0.25, -0.2) is 4.39 Å². The van der Waals surface area contributed by atoms with E-state index in [1.54, 1.807) is 6.07 Å². The third-order valence-corrected chi connectivity index (χ3v) is 2.77. The van der Waals surface area contributed by atoms with Gasteiger partial charge in [0.1, 0.15) is 5.82 Å². The summed E-state index contributed by atoms with van der Waals surface area (Å²) in [5.74, 6) is -1.48. The smallest absolute Gasteiger partial charge is 0.307 e. The van der Waals surface area contributed by atoms with Crippen molar-refractivity contribution in [3.8, 4) is 0 Å². The number of hydrogen-bond acceptors (Lipinski definition) is 4. The van der Waals surface area contributed by atoms with Gasteiger partial charge in [-0.15, -0.1) is 0 Å². The fraction of sp³-hybridized carbons (Fsp3) is 0.429. The zero-order chi connectivity index (χ0) is 15.0. The predicted octanol–water partition coefficient (Wildman–Crippen LogP) is 1.48. The van der Waals surface area contributed by atoms with E-state index in [4.69, 9.17) is 4.74 Å². The third-order valence-electron chi connectivity index (χ3n) is 2.77. The van der Waals surface area contributed by atoms with Gasteiger partial charge in [0, 0.05) is 20.2 Å². The van der Waals surface area contributed by atoms with Gasteiger partial charge in [-0.3, -0.25) is 9.59 Å². The molecule has 0 spiro atoms. The highest BCUT2D eigenvalue weighted by Gasteiger charge is 2.19. The second-order valence-electron chi connectivity index (χ2n) is 4.09. The van der Waals surface area contributed by atoms with Crippen LogP contribution in [-0.4, -0.2) is 50.7 Å². The van der Waals surface area contributed by atoms with E-state index in [2.05, 4.69) is 4.74 Å². The molecule has 0 saturated carbocycles. The third kappa shape index (κ3) is 4.62. The van der Waals surface area contributed by atoms with Crippen LogP contribution in [0.4, 0.5) is 4.39 Å². The van der Waals surface area contributed by atoms with Gasteiger partial charge in [0.15, 0.2) is 0 Å². The number of benzene rings is 1. The van der Waals surface area contributed by atoms with Crippen LogP contribution < -0.4 is 0 Å². The molecule has 0 aromatic heterocycles. The summed E-state index contributed by atoms with van der Waals surface area (Å²) in [6, 6.07) is 5.74. The van der Waals surface area contributed by atoms with Gasteiger partial charge < -0.3 is 14.4 Å². The van der Waals surface area contributed by atoms with E-state index < -0.39 is 17.7 Å². The fourth-order valence-corrected chi connectivity index (χ4v) is 1.65. The molecule has 0 atom stereocenters. The van der Waals surface area contributed by atoms with E-state index in [0.29, 0.717) is 6.61 Å². The molecular formula is C14H18FNO4. The number of halogens is 1. The van der Waals surface area contributed by atoms with Crippen LogP contribution in [0.1, 0.15) is 16.8 Å². The normalized spacial score (nSPS) is 10.2. The highest BCUT2D eigenvalue weighted by molar-refractivity contribution is 5.94. The first-order valence-corrected chi connectivity index (χ1v) is 6.19. The van der Waals surface area contributed by atoms with Crippen LogP contribution in [0.2, 0.25) is 0 Å². The Bertz CT molecular complexity index is 464. The number of methoxy groups -OCH3 is 2. The lowest BCUT2D eigenvalue weighted by atomic mass is 10.2. The summed E-state index contributed by atoms with van der Waals surface area (Å²) >= 11 is 0. The predicted molar refractivity (Wildman–Crippen MR) is 70.8 cm³/mol. The number of amides is 1. The number of carbonyl (C=O) groups excluding carboxylic acids is 2. The maximum atomic E-state index is 13.6. The Balaban J connectivity index is 2.78. The van der Waals surface area contributed by atoms with E-state index >= 15 is 0 Å². The minimum atomic E-state index is -0.585. The number of rotatable bonds is 7. The number of carbonyl (C=O) groups is 2. The van der Waals surface area contributed by atoms with Crippen LogP contribution in [-0.2, 0) is 14.3 Å². The summed E-state index contributed by atoms with van der Waals surface area (Å²) in [7, 11) is 2.78. The molecule has 0 aliphatic carbocycles. The molecule has 5 nitrogen and oxygen atoms in total. The molecular weight excluding hydrogens is 265 g/mol. The maximum Gasteiger partial charge on any atom is 0.307 e. The van der Waals surface area contributed by atoms with Gasteiger partial charge >= 0.3 is 5.97 Å². The molecule has 20 heavy (non-hydrogen) atoms. The Hall–Kier alpha value is -1.95. The standard InChI is InChI=1S/C14H18FNO4/c1-19-10-9-16(8-7-13(17)20-2)14(18)11-5-3-4-6-12(11)15/h3-6H,7-10H2,1-2H3. The van der Waals surface area contributed by atoms with E-state index in [1.807, 2.05) is 0 Å². The molecule has 110 valence electrons. The lowest BCUT2D eigenvalue weighted by Gasteiger charge is -2.22.